The Balaban J connectivity index is 0.000000256. The molecule has 0 atom stereocenters. The van der Waals surface area contributed by atoms with Gasteiger partial charge in [-0.25, -0.2) is 0 Å². The fraction of sp³-hybridized carbons (Fsp3) is 0.471. The summed E-state index contributed by atoms with van der Waals surface area (Å²) in [7, 11) is 0. The number of benzene rings is 1. The van der Waals surface area contributed by atoms with Gasteiger partial charge in [-0.1, -0.05) is 68.9 Å². The largest absolute Gasteiger partial charge is 0.294 e. The van der Waals surface area contributed by atoms with Crippen LogP contribution >= 0.6 is 0 Å². The second-order valence-electron chi connectivity index (χ2n) is 5.08. The van der Waals surface area contributed by atoms with Gasteiger partial charge in [0.1, 0.15) is 0 Å². The Labute approximate surface area is 127 Å². The van der Waals surface area contributed by atoms with E-state index in [1.54, 1.807) is 0 Å². The van der Waals surface area contributed by atoms with Crippen LogP contribution in [0.4, 0.5) is 0 Å². The first-order chi connectivity index (χ1) is 8.88. The SMILES string of the molecule is C1CCCC1.O=C([C]1[CH]CCC1)c1ccccc1.[Fe]. The van der Waals surface area contributed by atoms with Crippen LogP contribution in [0.1, 0.15) is 61.7 Å². The second-order valence-corrected chi connectivity index (χ2v) is 5.08. The summed E-state index contributed by atoms with van der Waals surface area (Å²) < 4.78 is 0. The molecule has 2 radical (unpaired) electrons. The molecule has 0 bridgehead atoms. The molecule has 0 aromatic heterocycles. The van der Waals surface area contributed by atoms with Crippen molar-refractivity contribution in [3.8, 4) is 0 Å². The molecular weight excluding hydrogens is 276 g/mol. The summed E-state index contributed by atoms with van der Waals surface area (Å²) in [6, 6.07) is 9.49. The van der Waals surface area contributed by atoms with Gasteiger partial charge < -0.3 is 0 Å². The van der Waals surface area contributed by atoms with Crippen molar-refractivity contribution < 1.29 is 21.9 Å². The molecule has 2 aliphatic rings. The van der Waals surface area contributed by atoms with Gasteiger partial charge in [-0.05, 0) is 19.3 Å². The fourth-order valence-corrected chi connectivity index (χ4v) is 2.54. The number of ketones is 1. The fourth-order valence-electron chi connectivity index (χ4n) is 2.54. The van der Waals surface area contributed by atoms with E-state index >= 15 is 0 Å². The van der Waals surface area contributed by atoms with Crippen LogP contribution in [0.2, 0.25) is 0 Å². The van der Waals surface area contributed by atoms with Crippen LogP contribution in [0.5, 0.6) is 0 Å². The summed E-state index contributed by atoms with van der Waals surface area (Å²) >= 11 is 0. The first-order valence-corrected chi connectivity index (χ1v) is 7.17. The summed E-state index contributed by atoms with van der Waals surface area (Å²) in [5.74, 6) is 1.20. The monoisotopic (exact) mass is 298 g/mol. The minimum absolute atomic E-state index is 0. The average Bonchev–Trinajstić information content (AvgIpc) is 3.14. The van der Waals surface area contributed by atoms with Crippen molar-refractivity contribution in [1.29, 1.82) is 0 Å². The number of rotatable bonds is 2. The van der Waals surface area contributed by atoms with Gasteiger partial charge in [0.05, 0.1) is 0 Å². The topological polar surface area (TPSA) is 17.1 Å². The smallest absolute Gasteiger partial charge is 0.170 e. The number of hydrogen-bond acceptors (Lipinski definition) is 1. The van der Waals surface area contributed by atoms with E-state index in [1.165, 1.54) is 32.1 Å². The summed E-state index contributed by atoms with van der Waals surface area (Å²) in [6.45, 7) is 0. The Bertz CT molecular complexity index is 343. The van der Waals surface area contributed by atoms with Crippen molar-refractivity contribution in [2.45, 2.75) is 51.4 Å². The minimum atomic E-state index is 0. The summed E-state index contributed by atoms with van der Waals surface area (Å²) in [4.78, 5) is 11.8. The van der Waals surface area contributed by atoms with Crippen molar-refractivity contribution >= 4 is 5.78 Å². The maximum atomic E-state index is 11.8. The molecule has 2 aliphatic carbocycles. The summed E-state index contributed by atoms with van der Waals surface area (Å²) in [5, 5.41) is 0. The van der Waals surface area contributed by atoms with Crippen LogP contribution in [0, 0.1) is 12.3 Å². The molecule has 104 valence electrons. The normalized spacial score (nSPS) is 18.3. The number of carbonyl (C=O) groups excluding carboxylic acids is 1. The second kappa shape index (κ2) is 9.33. The standard InChI is InChI=1S/C12H12O.C5H10.Fe/c13-12(11-8-4-5-9-11)10-6-2-1-3-7-10;1-2-4-5-3-1;/h1-3,6-8H,4-5,9H2;1-5H2;. The molecule has 0 unspecified atom stereocenters. The van der Waals surface area contributed by atoms with Gasteiger partial charge in [-0.2, -0.15) is 0 Å². The third kappa shape index (κ3) is 5.50. The van der Waals surface area contributed by atoms with Crippen molar-refractivity contribution in [2.24, 2.45) is 0 Å². The van der Waals surface area contributed by atoms with Crippen molar-refractivity contribution in [1.82, 2.24) is 0 Å². The van der Waals surface area contributed by atoms with Gasteiger partial charge in [-0.15, -0.1) is 0 Å². The summed E-state index contributed by atoms with van der Waals surface area (Å²) in [5.41, 5.74) is 0.815. The average molecular weight is 298 g/mol. The van der Waals surface area contributed by atoms with Crippen LogP contribution in [0.15, 0.2) is 30.3 Å². The zero-order chi connectivity index (χ0) is 12.6. The molecule has 2 saturated carbocycles. The molecule has 0 saturated heterocycles. The van der Waals surface area contributed by atoms with Crippen molar-refractivity contribution in [3.63, 3.8) is 0 Å². The van der Waals surface area contributed by atoms with E-state index < -0.39 is 0 Å². The van der Waals surface area contributed by atoms with E-state index in [-0.39, 0.29) is 22.9 Å². The number of hydrogen-bond donors (Lipinski definition) is 0. The van der Waals surface area contributed by atoms with E-state index in [9.17, 15) is 4.79 Å². The van der Waals surface area contributed by atoms with Gasteiger partial charge in [0.15, 0.2) is 5.78 Å². The van der Waals surface area contributed by atoms with Crippen LogP contribution < -0.4 is 0 Å². The molecule has 1 nitrogen and oxygen atoms in total. The molecular formula is C17H22FeO. The third-order valence-corrected chi connectivity index (χ3v) is 3.62. The van der Waals surface area contributed by atoms with Gasteiger partial charge >= 0.3 is 0 Å². The Hall–Kier alpha value is -0.591. The van der Waals surface area contributed by atoms with E-state index in [1.807, 2.05) is 30.3 Å². The third-order valence-electron chi connectivity index (χ3n) is 3.62. The minimum Gasteiger partial charge on any atom is -0.294 e. The van der Waals surface area contributed by atoms with Crippen LogP contribution in [0.3, 0.4) is 0 Å². The van der Waals surface area contributed by atoms with Gasteiger partial charge in [-0.3, -0.25) is 4.79 Å². The maximum Gasteiger partial charge on any atom is 0.170 e. The zero-order valence-electron chi connectivity index (χ0n) is 11.4. The predicted octanol–water partition coefficient (Wildman–Crippen LogP) is 4.78. The molecule has 0 N–H and O–H groups in total. The Morgan fingerprint density at radius 3 is 1.89 bits per heavy atom. The predicted molar refractivity (Wildman–Crippen MR) is 75.3 cm³/mol. The van der Waals surface area contributed by atoms with Crippen LogP contribution in [-0.4, -0.2) is 5.78 Å². The Kier molecular flexibility index (Phi) is 8.09. The van der Waals surface area contributed by atoms with E-state index in [2.05, 4.69) is 6.42 Å². The molecule has 1 aromatic rings. The first kappa shape index (κ1) is 16.5. The zero-order valence-corrected chi connectivity index (χ0v) is 12.5. The number of Topliss-reactive ketones (excluding diaryl/α,β-unsaturated/α-hetero) is 1. The van der Waals surface area contributed by atoms with Crippen molar-refractivity contribution in [3.05, 3.63) is 48.2 Å². The Morgan fingerprint density at radius 2 is 1.42 bits per heavy atom. The van der Waals surface area contributed by atoms with Gasteiger partial charge in [0.25, 0.3) is 0 Å². The molecule has 0 aliphatic heterocycles. The molecule has 19 heavy (non-hydrogen) atoms. The molecule has 0 heterocycles. The van der Waals surface area contributed by atoms with Gasteiger partial charge in [0, 0.05) is 28.6 Å². The molecule has 2 fully saturated rings. The molecule has 2 heteroatoms. The van der Waals surface area contributed by atoms with E-state index in [4.69, 9.17) is 0 Å². The van der Waals surface area contributed by atoms with E-state index in [0.717, 1.165) is 30.7 Å². The van der Waals surface area contributed by atoms with E-state index in [0.29, 0.717) is 0 Å². The molecule has 1 aromatic carbocycles. The van der Waals surface area contributed by atoms with Crippen LogP contribution in [0.25, 0.3) is 0 Å². The quantitative estimate of drug-likeness (QED) is 0.567. The first-order valence-electron chi connectivity index (χ1n) is 7.17. The Morgan fingerprint density at radius 1 is 0.842 bits per heavy atom. The number of carbonyl (C=O) groups is 1. The van der Waals surface area contributed by atoms with Gasteiger partial charge in [0.2, 0.25) is 0 Å². The van der Waals surface area contributed by atoms with Crippen LogP contribution in [-0.2, 0) is 17.1 Å². The molecule has 0 amide bonds. The molecule has 0 spiro atoms. The maximum absolute atomic E-state index is 11.8. The summed E-state index contributed by atoms with van der Waals surface area (Å²) in [6.07, 6.45) is 12.7. The molecule has 3 rings (SSSR count). The van der Waals surface area contributed by atoms with Crippen molar-refractivity contribution in [2.75, 3.05) is 0 Å².